The Kier molecular flexibility index (Phi) is 2.43. The van der Waals surface area contributed by atoms with Crippen LogP contribution in [0.2, 0.25) is 0 Å². The topological polar surface area (TPSA) is 34.1 Å². The van der Waals surface area contributed by atoms with Gasteiger partial charge in [-0.3, -0.25) is 0 Å². The molecule has 0 aromatic heterocycles. The molecule has 0 amide bonds. The van der Waals surface area contributed by atoms with Gasteiger partial charge in [0.05, 0.1) is 5.25 Å². The Bertz CT molecular complexity index is 436. The second-order valence-electron chi connectivity index (χ2n) is 3.76. The third-order valence-corrected chi connectivity index (χ3v) is 4.73. The van der Waals surface area contributed by atoms with E-state index in [2.05, 4.69) is 15.9 Å². The lowest BCUT2D eigenvalue weighted by molar-refractivity contribution is 0.600. The minimum absolute atomic E-state index is 0.149. The number of hydrogen-bond donors (Lipinski definition) is 0. The molecule has 0 aliphatic heterocycles. The summed E-state index contributed by atoms with van der Waals surface area (Å²) in [5.74, 6) is 0.220. The van der Waals surface area contributed by atoms with E-state index < -0.39 is 9.84 Å². The van der Waals surface area contributed by atoms with Crippen LogP contribution in [-0.4, -0.2) is 19.9 Å². The molecule has 0 heterocycles. The molecule has 1 aromatic rings. The monoisotopic (exact) mass is 274 g/mol. The molecule has 1 aliphatic rings. The lowest BCUT2D eigenvalue weighted by Crippen LogP contribution is -2.04. The molecule has 76 valence electrons. The van der Waals surface area contributed by atoms with Crippen LogP contribution in [0.25, 0.3) is 0 Å². The summed E-state index contributed by atoms with van der Waals surface area (Å²) in [6, 6.07) is 7.87. The van der Waals surface area contributed by atoms with Crippen molar-refractivity contribution in [1.82, 2.24) is 0 Å². The summed E-state index contributed by atoms with van der Waals surface area (Å²) in [5.41, 5.74) is 1.13. The van der Waals surface area contributed by atoms with Crippen LogP contribution >= 0.6 is 15.9 Å². The number of rotatable bonds is 2. The van der Waals surface area contributed by atoms with Crippen molar-refractivity contribution < 1.29 is 8.42 Å². The predicted molar refractivity (Wildman–Crippen MR) is 60.1 cm³/mol. The first kappa shape index (κ1) is 10.2. The highest BCUT2D eigenvalue weighted by atomic mass is 79.9. The fourth-order valence-corrected chi connectivity index (χ4v) is 3.28. The van der Waals surface area contributed by atoms with Crippen molar-refractivity contribution >= 4 is 25.8 Å². The molecule has 1 aromatic carbocycles. The van der Waals surface area contributed by atoms with Crippen molar-refractivity contribution in [3.05, 3.63) is 34.3 Å². The lowest BCUT2D eigenvalue weighted by Gasteiger charge is -1.99. The van der Waals surface area contributed by atoms with Gasteiger partial charge in [0, 0.05) is 16.6 Å². The van der Waals surface area contributed by atoms with Gasteiger partial charge in [0.25, 0.3) is 0 Å². The Morgan fingerprint density at radius 3 is 2.29 bits per heavy atom. The van der Waals surface area contributed by atoms with Gasteiger partial charge in [0.1, 0.15) is 0 Å². The largest absolute Gasteiger partial charge is 0.229 e. The molecule has 2 nitrogen and oxygen atoms in total. The van der Waals surface area contributed by atoms with Crippen molar-refractivity contribution in [2.75, 3.05) is 6.26 Å². The molecule has 1 saturated carbocycles. The fraction of sp³-hybridized carbons (Fsp3) is 0.400. The molecular formula is C10H11BrO2S. The van der Waals surface area contributed by atoms with Crippen molar-refractivity contribution in [3.8, 4) is 0 Å². The molecule has 2 rings (SSSR count). The third-order valence-electron chi connectivity index (χ3n) is 2.58. The summed E-state index contributed by atoms with van der Waals surface area (Å²) in [4.78, 5) is 0. The molecule has 0 N–H and O–H groups in total. The minimum Gasteiger partial charge on any atom is -0.229 e. The summed E-state index contributed by atoms with van der Waals surface area (Å²) in [6.45, 7) is 0. The van der Waals surface area contributed by atoms with E-state index in [-0.39, 0.29) is 11.2 Å². The SMILES string of the molecule is CS(=O)(=O)[C@H]1C[C@@H]1c1ccc(Br)cc1. The van der Waals surface area contributed by atoms with Crippen LogP contribution in [0, 0.1) is 0 Å². The Morgan fingerprint density at radius 2 is 1.86 bits per heavy atom. The first-order valence-corrected chi connectivity index (χ1v) is 7.17. The zero-order valence-corrected chi connectivity index (χ0v) is 10.2. The van der Waals surface area contributed by atoms with Gasteiger partial charge in [-0.05, 0) is 24.1 Å². The van der Waals surface area contributed by atoms with Crippen LogP contribution in [0.15, 0.2) is 28.7 Å². The third kappa shape index (κ3) is 2.01. The van der Waals surface area contributed by atoms with E-state index >= 15 is 0 Å². The maximum absolute atomic E-state index is 11.2. The van der Waals surface area contributed by atoms with Gasteiger partial charge in [-0.1, -0.05) is 28.1 Å². The van der Waals surface area contributed by atoms with Gasteiger partial charge in [0.15, 0.2) is 9.84 Å². The molecule has 0 spiro atoms. The summed E-state index contributed by atoms with van der Waals surface area (Å²) in [5, 5.41) is -0.149. The first-order valence-electron chi connectivity index (χ1n) is 4.43. The maximum Gasteiger partial charge on any atom is 0.150 e. The van der Waals surface area contributed by atoms with E-state index in [1.165, 1.54) is 6.26 Å². The van der Waals surface area contributed by atoms with Gasteiger partial charge >= 0.3 is 0 Å². The molecule has 2 atom stereocenters. The quantitative estimate of drug-likeness (QED) is 0.830. The van der Waals surface area contributed by atoms with Crippen LogP contribution in [0.1, 0.15) is 17.9 Å². The molecule has 4 heteroatoms. The van der Waals surface area contributed by atoms with E-state index in [4.69, 9.17) is 0 Å². The second kappa shape index (κ2) is 3.35. The molecule has 0 unspecified atom stereocenters. The molecule has 1 fully saturated rings. The molecule has 14 heavy (non-hydrogen) atoms. The molecule has 1 aliphatic carbocycles. The average Bonchev–Trinajstić information content (AvgIpc) is 2.83. The zero-order chi connectivity index (χ0) is 10.3. The van der Waals surface area contributed by atoms with Gasteiger partial charge in [-0.15, -0.1) is 0 Å². The number of benzene rings is 1. The van der Waals surface area contributed by atoms with Crippen molar-refractivity contribution in [2.24, 2.45) is 0 Å². The Hall–Kier alpha value is -0.350. The van der Waals surface area contributed by atoms with E-state index in [1.54, 1.807) is 0 Å². The van der Waals surface area contributed by atoms with Crippen LogP contribution in [0.5, 0.6) is 0 Å². The fourth-order valence-electron chi connectivity index (χ4n) is 1.71. The van der Waals surface area contributed by atoms with E-state index in [1.807, 2.05) is 24.3 Å². The highest BCUT2D eigenvalue weighted by Gasteiger charge is 2.45. The highest BCUT2D eigenvalue weighted by Crippen LogP contribution is 2.45. The normalized spacial score (nSPS) is 26.1. The smallest absolute Gasteiger partial charge is 0.150 e. The van der Waals surface area contributed by atoms with Crippen LogP contribution in [0.3, 0.4) is 0 Å². The van der Waals surface area contributed by atoms with Gasteiger partial charge in [0.2, 0.25) is 0 Å². The van der Waals surface area contributed by atoms with Crippen molar-refractivity contribution in [1.29, 1.82) is 0 Å². The molecule has 0 radical (unpaired) electrons. The van der Waals surface area contributed by atoms with Crippen molar-refractivity contribution in [3.63, 3.8) is 0 Å². The number of sulfone groups is 1. The van der Waals surface area contributed by atoms with Crippen LogP contribution < -0.4 is 0 Å². The molecule has 0 saturated heterocycles. The number of hydrogen-bond acceptors (Lipinski definition) is 2. The van der Waals surface area contributed by atoms with E-state index in [0.717, 1.165) is 16.5 Å². The minimum atomic E-state index is -2.85. The Labute approximate surface area is 92.4 Å². The molecule has 0 bridgehead atoms. The maximum atomic E-state index is 11.2. The zero-order valence-electron chi connectivity index (χ0n) is 7.77. The standard InChI is InChI=1S/C10H11BrO2S/c1-14(12,13)10-6-9(10)7-2-4-8(11)5-3-7/h2-5,9-10H,6H2,1H3/t9-,10+/m1/s1. The molecular weight excluding hydrogens is 264 g/mol. The van der Waals surface area contributed by atoms with Crippen LogP contribution in [-0.2, 0) is 9.84 Å². The summed E-state index contributed by atoms with van der Waals surface area (Å²) >= 11 is 3.35. The summed E-state index contributed by atoms with van der Waals surface area (Å²) < 4.78 is 23.5. The van der Waals surface area contributed by atoms with Crippen LogP contribution in [0.4, 0.5) is 0 Å². The Balaban J connectivity index is 2.18. The van der Waals surface area contributed by atoms with Gasteiger partial charge < -0.3 is 0 Å². The lowest BCUT2D eigenvalue weighted by atomic mass is 10.1. The van der Waals surface area contributed by atoms with E-state index in [0.29, 0.717) is 0 Å². The Morgan fingerprint density at radius 1 is 1.29 bits per heavy atom. The number of halogens is 1. The summed E-state index contributed by atoms with van der Waals surface area (Å²) in [7, 11) is -2.85. The predicted octanol–water partition coefficient (Wildman–Crippen LogP) is 2.35. The first-order chi connectivity index (χ1) is 6.48. The van der Waals surface area contributed by atoms with Gasteiger partial charge in [-0.2, -0.15) is 0 Å². The van der Waals surface area contributed by atoms with Crippen molar-refractivity contribution in [2.45, 2.75) is 17.6 Å². The highest BCUT2D eigenvalue weighted by molar-refractivity contribution is 9.10. The summed E-state index contributed by atoms with van der Waals surface area (Å²) in [6.07, 6.45) is 2.09. The average molecular weight is 275 g/mol. The second-order valence-corrected chi connectivity index (χ2v) is 6.94. The van der Waals surface area contributed by atoms with Gasteiger partial charge in [-0.25, -0.2) is 8.42 Å². The van der Waals surface area contributed by atoms with E-state index in [9.17, 15) is 8.42 Å².